The smallest absolute Gasteiger partial charge is 0.228 e. The Morgan fingerprint density at radius 2 is 2.40 bits per heavy atom. The Kier molecular flexibility index (Phi) is 3.76. The second-order valence-corrected chi connectivity index (χ2v) is 6.17. The molecule has 0 aromatic carbocycles. The van der Waals surface area contributed by atoms with Gasteiger partial charge in [0.2, 0.25) is 5.91 Å². The number of thiazole rings is 1. The highest BCUT2D eigenvalue weighted by Gasteiger charge is 2.28. The predicted octanol–water partition coefficient (Wildman–Crippen LogP) is 1.62. The van der Waals surface area contributed by atoms with Gasteiger partial charge >= 0.3 is 0 Å². The van der Waals surface area contributed by atoms with E-state index in [2.05, 4.69) is 4.98 Å². The summed E-state index contributed by atoms with van der Waals surface area (Å²) in [6, 6.07) is 0.327. The molecule has 2 aromatic rings. The van der Waals surface area contributed by atoms with Gasteiger partial charge in [-0.3, -0.25) is 9.20 Å². The van der Waals surface area contributed by atoms with Gasteiger partial charge in [0.05, 0.1) is 18.7 Å². The molecular weight excluding hydrogens is 274 g/mol. The molecule has 1 amide bonds. The molecule has 0 saturated heterocycles. The van der Waals surface area contributed by atoms with Crippen molar-refractivity contribution in [2.75, 3.05) is 13.2 Å². The average Bonchev–Trinajstić information content (AvgIpc) is 2.87. The van der Waals surface area contributed by atoms with Crippen molar-refractivity contribution in [1.29, 1.82) is 0 Å². The zero-order valence-electron chi connectivity index (χ0n) is 11.6. The van der Waals surface area contributed by atoms with E-state index >= 15 is 0 Å². The van der Waals surface area contributed by atoms with Crippen molar-refractivity contribution >= 4 is 22.2 Å². The summed E-state index contributed by atoms with van der Waals surface area (Å²) >= 11 is 1.56. The number of aliphatic hydroxyl groups excluding tert-OH is 1. The monoisotopic (exact) mass is 293 g/mol. The van der Waals surface area contributed by atoms with E-state index in [0.717, 1.165) is 29.2 Å². The third-order valence-electron chi connectivity index (χ3n) is 3.91. The molecule has 0 aliphatic heterocycles. The quantitative estimate of drug-likeness (QED) is 0.911. The maximum Gasteiger partial charge on any atom is 0.228 e. The summed E-state index contributed by atoms with van der Waals surface area (Å²) in [5.74, 6) is 0.106. The lowest BCUT2D eigenvalue weighted by Crippen LogP contribution is -2.46. The van der Waals surface area contributed by atoms with Crippen LogP contribution in [0.3, 0.4) is 0 Å². The van der Waals surface area contributed by atoms with Crippen LogP contribution < -0.4 is 0 Å². The second kappa shape index (κ2) is 5.54. The highest BCUT2D eigenvalue weighted by Crippen LogP contribution is 2.25. The molecular formula is C14H19N3O2S. The van der Waals surface area contributed by atoms with Crippen LogP contribution in [0.4, 0.5) is 0 Å². The van der Waals surface area contributed by atoms with Crippen molar-refractivity contribution in [3.8, 4) is 0 Å². The van der Waals surface area contributed by atoms with E-state index in [0.29, 0.717) is 19.0 Å². The van der Waals surface area contributed by atoms with Crippen LogP contribution in [0.2, 0.25) is 0 Å². The number of hydrogen-bond acceptors (Lipinski definition) is 4. The van der Waals surface area contributed by atoms with Gasteiger partial charge in [-0.15, -0.1) is 11.3 Å². The molecule has 1 saturated carbocycles. The largest absolute Gasteiger partial charge is 0.395 e. The predicted molar refractivity (Wildman–Crippen MR) is 77.9 cm³/mol. The summed E-state index contributed by atoms with van der Waals surface area (Å²) in [6.45, 7) is 2.43. The molecule has 2 aromatic heterocycles. The maximum atomic E-state index is 12.5. The van der Waals surface area contributed by atoms with E-state index in [1.54, 1.807) is 11.3 Å². The van der Waals surface area contributed by atoms with Crippen LogP contribution in [-0.2, 0) is 11.2 Å². The number of fused-ring (bicyclic) bond motifs is 1. The number of rotatable bonds is 5. The molecule has 0 bridgehead atoms. The fraction of sp³-hybridized carbons (Fsp3) is 0.571. The molecule has 20 heavy (non-hydrogen) atoms. The lowest BCUT2D eigenvalue weighted by molar-refractivity contribution is -0.135. The van der Waals surface area contributed by atoms with Gasteiger partial charge in [-0.05, 0) is 26.2 Å². The third kappa shape index (κ3) is 2.45. The normalized spacial score (nSPS) is 15.5. The Hall–Kier alpha value is -1.40. The minimum Gasteiger partial charge on any atom is -0.395 e. The van der Waals surface area contributed by atoms with Crippen LogP contribution in [0, 0.1) is 6.92 Å². The first-order valence-corrected chi connectivity index (χ1v) is 7.89. The van der Waals surface area contributed by atoms with Crippen LogP contribution in [0.1, 0.15) is 30.7 Å². The number of aliphatic hydroxyl groups is 1. The Morgan fingerprint density at radius 3 is 3.05 bits per heavy atom. The van der Waals surface area contributed by atoms with E-state index in [-0.39, 0.29) is 12.5 Å². The highest BCUT2D eigenvalue weighted by molar-refractivity contribution is 7.15. The summed E-state index contributed by atoms with van der Waals surface area (Å²) in [4.78, 5) is 19.6. The van der Waals surface area contributed by atoms with Crippen molar-refractivity contribution in [2.24, 2.45) is 0 Å². The number of aromatic nitrogens is 2. The molecule has 0 unspecified atom stereocenters. The first-order valence-electron chi connectivity index (χ1n) is 7.01. The van der Waals surface area contributed by atoms with Gasteiger partial charge in [-0.2, -0.15) is 0 Å². The van der Waals surface area contributed by atoms with Crippen molar-refractivity contribution in [2.45, 2.75) is 38.6 Å². The number of carbonyl (C=O) groups excluding carboxylic acids is 1. The molecule has 0 spiro atoms. The number of hydrogen-bond donors (Lipinski definition) is 1. The Bertz CT molecular complexity index is 615. The second-order valence-electron chi connectivity index (χ2n) is 5.33. The van der Waals surface area contributed by atoms with Crippen LogP contribution in [-0.4, -0.2) is 44.5 Å². The molecule has 2 heterocycles. The zero-order chi connectivity index (χ0) is 14.1. The van der Waals surface area contributed by atoms with E-state index in [9.17, 15) is 4.79 Å². The van der Waals surface area contributed by atoms with Crippen molar-refractivity contribution < 1.29 is 9.90 Å². The van der Waals surface area contributed by atoms with Crippen LogP contribution in [0.15, 0.2) is 11.6 Å². The van der Waals surface area contributed by atoms with Crippen molar-refractivity contribution in [3.63, 3.8) is 0 Å². The van der Waals surface area contributed by atoms with E-state index in [1.165, 1.54) is 6.42 Å². The van der Waals surface area contributed by atoms with Gasteiger partial charge in [0.15, 0.2) is 4.96 Å². The number of amides is 1. The summed E-state index contributed by atoms with van der Waals surface area (Å²) in [5.41, 5.74) is 1.95. The zero-order valence-corrected chi connectivity index (χ0v) is 12.4. The number of carbonyl (C=O) groups is 1. The van der Waals surface area contributed by atoms with E-state index in [1.807, 2.05) is 27.8 Å². The van der Waals surface area contributed by atoms with Crippen molar-refractivity contribution in [3.05, 3.63) is 23.0 Å². The molecule has 108 valence electrons. The fourth-order valence-electron chi connectivity index (χ4n) is 2.64. The van der Waals surface area contributed by atoms with Crippen LogP contribution >= 0.6 is 11.3 Å². The number of aryl methyl sites for hydroxylation is 1. The Labute approximate surface area is 121 Å². The summed E-state index contributed by atoms with van der Waals surface area (Å²) in [6.07, 6.45) is 5.66. The van der Waals surface area contributed by atoms with Gasteiger partial charge in [0, 0.05) is 29.9 Å². The first kappa shape index (κ1) is 13.6. The lowest BCUT2D eigenvalue weighted by Gasteiger charge is -2.37. The lowest BCUT2D eigenvalue weighted by atomic mass is 9.91. The van der Waals surface area contributed by atoms with Gasteiger partial charge in [0.25, 0.3) is 0 Å². The molecule has 3 rings (SSSR count). The number of nitrogens with zero attached hydrogens (tertiary/aromatic N) is 3. The Balaban J connectivity index is 1.76. The molecule has 1 N–H and O–H groups in total. The van der Waals surface area contributed by atoms with Gasteiger partial charge in [-0.1, -0.05) is 0 Å². The third-order valence-corrected chi connectivity index (χ3v) is 4.80. The fourth-order valence-corrected chi connectivity index (χ4v) is 3.56. The van der Waals surface area contributed by atoms with Gasteiger partial charge in [0.1, 0.15) is 0 Å². The standard InChI is InChI=1S/C14H19N3O2S/c1-10-8-17-12(9-20-14(17)15-10)7-13(19)16(5-6-18)11-3-2-4-11/h8-9,11,18H,2-7H2,1H3. The molecule has 0 radical (unpaired) electrons. The molecule has 6 heteroatoms. The van der Waals surface area contributed by atoms with E-state index in [4.69, 9.17) is 5.11 Å². The van der Waals surface area contributed by atoms with Gasteiger partial charge in [-0.25, -0.2) is 4.98 Å². The molecule has 1 aliphatic rings. The van der Waals surface area contributed by atoms with Gasteiger partial charge < -0.3 is 10.0 Å². The highest BCUT2D eigenvalue weighted by atomic mass is 32.1. The molecule has 0 atom stereocenters. The minimum atomic E-state index is 0.0332. The molecule has 1 aliphatic carbocycles. The summed E-state index contributed by atoms with van der Waals surface area (Å²) < 4.78 is 2.00. The minimum absolute atomic E-state index is 0.0332. The topological polar surface area (TPSA) is 57.8 Å². The number of imidazole rings is 1. The first-order chi connectivity index (χ1) is 9.69. The van der Waals surface area contributed by atoms with Crippen molar-refractivity contribution in [1.82, 2.24) is 14.3 Å². The van der Waals surface area contributed by atoms with E-state index < -0.39 is 0 Å². The SMILES string of the molecule is Cc1cn2c(CC(=O)N(CCO)C3CCC3)csc2n1. The molecule has 5 nitrogen and oxygen atoms in total. The summed E-state index contributed by atoms with van der Waals surface area (Å²) in [5, 5.41) is 11.1. The van der Waals surface area contributed by atoms with Crippen LogP contribution in [0.25, 0.3) is 4.96 Å². The summed E-state index contributed by atoms with van der Waals surface area (Å²) in [7, 11) is 0. The molecule has 1 fully saturated rings. The average molecular weight is 293 g/mol. The van der Waals surface area contributed by atoms with Crippen LogP contribution in [0.5, 0.6) is 0 Å². The Morgan fingerprint density at radius 1 is 1.60 bits per heavy atom. The maximum absolute atomic E-state index is 12.5.